The van der Waals surface area contributed by atoms with E-state index < -0.39 is 5.97 Å². The number of aryl methyl sites for hydroxylation is 1. The van der Waals surface area contributed by atoms with Crippen LogP contribution in [0, 0.1) is 6.92 Å². The molecule has 98 valence electrons. The fourth-order valence-corrected chi connectivity index (χ4v) is 1.30. The van der Waals surface area contributed by atoms with Crippen molar-refractivity contribution in [2.24, 2.45) is 5.73 Å². The smallest absolute Gasteiger partial charge is 0.332 e. The molecule has 0 saturated carbocycles. The zero-order valence-electron chi connectivity index (χ0n) is 10.8. The van der Waals surface area contributed by atoms with E-state index in [4.69, 9.17) is 15.2 Å². The summed E-state index contributed by atoms with van der Waals surface area (Å²) in [5.74, 6) is 0.344. The highest BCUT2D eigenvalue weighted by molar-refractivity contribution is 5.82. The molecule has 0 aromatic heterocycles. The van der Waals surface area contributed by atoms with Crippen molar-refractivity contribution in [3.05, 3.63) is 41.6 Å². The zero-order valence-corrected chi connectivity index (χ0v) is 10.8. The van der Waals surface area contributed by atoms with Crippen molar-refractivity contribution in [2.75, 3.05) is 13.2 Å². The van der Waals surface area contributed by atoms with Crippen molar-refractivity contribution in [1.29, 1.82) is 0 Å². The minimum absolute atomic E-state index is 0.209. The molecule has 0 fully saturated rings. The lowest BCUT2D eigenvalue weighted by atomic mass is 10.2. The van der Waals surface area contributed by atoms with Gasteiger partial charge in [-0.3, -0.25) is 0 Å². The van der Waals surface area contributed by atoms with Gasteiger partial charge < -0.3 is 15.2 Å². The Kier molecular flexibility index (Phi) is 5.77. The van der Waals surface area contributed by atoms with Crippen molar-refractivity contribution in [3.8, 4) is 5.75 Å². The molecule has 4 heteroatoms. The minimum atomic E-state index is -0.429. The lowest BCUT2D eigenvalue weighted by Gasteiger charge is -2.07. The molecule has 0 bridgehead atoms. The monoisotopic (exact) mass is 249 g/mol. The molecule has 0 heterocycles. The Morgan fingerprint density at radius 1 is 1.39 bits per heavy atom. The summed E-state index contributed by atoms with van der Waals surface area (Å²) >= 11 is 0. The summed E-state index contributed by atoms with van der Waals surface area (Å²) in [7, 11) is 0. The standard InChI is InChI=1S/C14H19NO3/c1-3-12(15)10-14(16)18-8-7-17-13-6-4-5-11(2)9-13/h4-6,9-10H,3,7-8,15H2,1-2H3. The second-order valence-electron chi connectivity index (χ2n) is 3.91. The number of nitrogens with two attached hydrogens (primary N) is 1. The van der Waals surface area contributed by atoms with Gasteiger partial charge in [0.2, 0.25) is 0 Å². The molecule has 4 nitrogen and oxygen atoms in total. The number of carbonyl (C=O) groups excluding carboxylic acids is 1. The lowest BCUT2D eigenvalue weighted by molar-refractivity contribution is -0.138. The van der Waals surface area contributed by atoms with Crippen molar-refractivity contribution in [2.45, 2.75) is 20.3 Å². The van der Waals surface area contributed by atoms with E-state index in [9.17, 15) is 4.79 Å². The number of carbonyl (C=O) groups is 1. The van der Waals surface area contributed by atoms with E-state index in [0.29, 0.717) is 18.7 Å². The molecule has 1 aromatic rings. The molecular weight excluding hydrogens is 230 g/mol. The quantitative estimate of drug-likeness (QED) is 0.477. The molecule has 0 unspecified atom stereocenters. The lowest BCUT2D eigenvalue weighted by Crippen LogP contribution is -2.12. The predicted octanol–water partition coefficient (Wildman–Crippen LogP) is 2.17. The summed E-state index contributed by atoms with van der Waals surface area (Å²) in [5.41, 5.74) is 7.16. The van der Waals surface area contributed by atoms with Crippen LogP contribution in [0.2, 0.25) is 0 Å². The number of hydrogen-bond donors (Lipinski definition) is 1. The zero-order chi connectivity index (χ0) is 13.4. The Morgan fingerprint density at radius 2 is 2.17 bits per heavy atom. The van der Waals surface area contributed by atoms with Crippen LogP contribution >= 0.6 is 0 Å². The maximum absolute atomic E-state index is 11.2. The topological polar surface area (TPSA) is 61.6 Å². The molecule has 1 rings (SSSR count). The molecule has 0 atom stereocenters. The number of hydrogen-bond acceptors (Lipinski definition) is 4. The van der Waals surface area contributed by atoms with Crippen LogP contribution in [0.3, 0.4) is 0 Å². The van der Waals surface area contributed by atoms with Gasteiger partial charge in [0.15, 0.2) is 0 Å². The van der Waals surface area contributed by atoms with Gasteiger partial charge in [0.25, 0.3) is 0 Å². The van der Waals surface area contributed by atoms with Crippen molar-refractivity contribution in [3.63, 3.8) is 0 Å². The third-order valence-corrected chi connectivity index (χ3v) is 2.30. The van der Waals surface area contributed by atoms with Crippen molar-refractivity contribution in [1.82, 2.24) is 0 Å². The number of benzene rings is 1. The van der Waals surface area contributed by atoms with Gasteiger partial charge in [-0.2, -0.15) is 0 Å². The first-order valence-electron chi connectivity index (χ1n) is 5.94. The molecule has 2 N–H and O–H groups in total. The molecule has 0 radical (unpaired) electrons. The average Bonchev–Trinajstić information content (AvgIpc) is 2.34. The van der Waals surface area contributed by atoms with Crippen LogP contribution in [0.5, 0.6) is 5.75 Å². The Hall–Kier alpha value is -1.97. The normalized spacial score (nSPS) is 11.1. The third-order valence-electron chi connectivity index (χ3n) is 2.30. The van der Waals surface area contributed by atoms with Crippen molar-refractivity contribution >= 4 is 5.97 Å². The van der Waals surface area contributed by atoms with Crippen LogP contribution in [0.25, 0.3) is 0 Å². The summed E-state index contributed by atoms with van der Waals surface area (Å²) in [6, 6.07) is 7.70. The Balaban J connectivity index is 2.25. The Labute approximate surface area is 107 Å². The van der Waals surface area contributed by atoms with E-state index >= 15 is 0 Å². The summed E-state index contributed by atoms with van der Waals surface area (Å²) in [4.78, 5) is 11.2. The Morgan fingerprint density at radius 3 is 2.83 bits per heavy atom. The molecule has 0 aliphatic rings. The molecule has 0 spiro atoms. The van der Waals surface area contributed by atoms with Crippen LogP contribution in [0.4, 0.5) is 0 Å². The summed E-state index contributed by atoms with van der Waals surface area (Å²) in [5, 5.41) is 0. The van der Waals surface area contributed by atoms with Gasteiger partial charge in [-0.05, 0) is 31.0 Å². The summed E-state index contributed by atoms with van der Waals surface area (Å²) in [6.45, 7) is 4.40. The summed E-state index contributed by atoms with van der Waals surface area (Å²) < 4.78 is 10.4. The van der Waals surface area contributed by atoms with Gasteiger partial charge in [0.05, 0.1) is 0 Å². The summed E-state index contributed by atoms with van der Waals surface area (Å²) in [6.07, 6.45) is 1.93. The first-order chi connectivity index (χ1) is 8.61. The van der Waals surface area contributed by atoms with Crippen LogP contribution in [-0.2, 0) is 9.53 Å². The molecule has 18 heavy (non-hydrogen) atoms. The molecule has 0 aliphatic carbocycles. The fraction of sp³-hybridized carbons (Fsp3) is 0.357. The number of rotatable bonds is 6. The fourth-order valence-electron chi connectivity index (χ4n) is 1.30. The largest absolute Gasteiger partial charge is 0.490 e. The minimum Gasteiger partial charge on any atom is -0.490 e. The van der Waals surface area contributed by atoms with Gasteiger partial charge in [0, 0.05) is 11.8 Å². The van der Waals surface area contributed by atoms with Gasteiger partial charge >= 0.3 is 5.97 Å². The first kappa shape index (κ1) is 14.1. The average molecular weight is 249 g/mol. The highest BCUT2D eigenvalue weighted by atomic mass is 16.6. The first-order valence-corrected chi connectivity index (χ1v) is 5.94. The number of ether oxygens (including phenoxy) is 2. The predicted molar refractivity (Wildman–Crippen MR) is 70.2 cm³/mol. The molecular formula is C14H19NO3. The number of esters is 1. The van der Waals surface area contributed by atoms with Gasteiger partial charge in [-0.1, -0.05) is 19.1 Å². The van der Waals surface area contributed by atoms with Crippen LogP contribution < -0.4 is 10.5 Å². The maximum Gasteiger partial charge on any atom is 0.332 e. The highest BCUT2D eigenvalue weighted by Gasteiger charge is 2.00. The molecule has 0 saturated heterocycles. The van der Waals surface area contributed by atoms with Crippen LogP contribution in [-0.4, -0.2) is 19.2 Å². The van der Waals surface area contributed by atoms with E-state index in [-0.39, 0.29) is 6.61 Å². The second kappa shape index (κ2) is 7.37. The Bertz CT molecular complexity index is 427. The second-order valence-corrected chi connectivity index (χ2v) is 3.91. The van der Waals surface area contributed by atoms with Gasteiger partial charge in [-0.15, -0.1) is 0 Å². The van der Waals surface area contributed by atoms with E-state index in [1.54, 1.807) is 0 Å². The van der Waals surface area contributed by atoms with Crippen LogP contribution in [0.1, 0.15) is 18.9 Å². The third kappa shape index (κ3) is 5.39. The van der Waals surface area contributed by atoms with E-state index in [2.05, 4.69) is 0 Å². The van der Waals surface area contributed by atoms with E-state index in [1.165, 1.54) is 6.08 Å². The molecule has 0 aliphatic heterocycles. The number of allylic oxidation sites excluding steroid dienone is 1. The molecule has 1 aromatic carbocycles. The van der Waals surface area contributed by atoms with Gasteiger partial charge in [0.1, 0.15) is 19.0 Å². The molecule has 0 amide bonds. The van der Waals surface area contributed by atoms with E-state index in [0.717, 1.165) is 11.3 Å². The van der Waals surface area contributed by atoms with Crippen LogP contribution in [0.15, 0.2) is 36.0 Å². The SMILES string of the molecule is CCC(N)=CC(=O)OCCOc1cccc(C)c1. The van der Waals surface area contributed by atoms with Crippen molar-refractivity contribution < 1.29 is 14.3 Å². The maximum atomic E-state index is 11.2. The van der Waals surface area contributed by atoms with E-state index in [1.807, 2.05) is 38.1 Å². The highest BCUT2D eigenvalue weighted by Crippen LogP contribution is 2.11. The van der Waals surface area contributed by atoms with Gasteiger partial charge in [-0.25, -0.2) is 4.79 Å².